The minimum Gasteiger partial charge on any atom is -0.275 e. The number of nitro groups is 1. The van der Waals surface area contributed by atoms with Crippen molar-refractivity contribution in [3.8, 4) is 6.07 Å². The van der Waals surface area contributed by atoms with E-state index in [4.69, 9.17) is 16.9 Å². The molecule has 1 aromatic rings. The van der Waals surface area contributed by atoms with Crippen LogP contribution in [0.5, 0.6) is 0 Å². The Labute approximate surface area is 87.8 Å². The lowest BCUT2D eigenvalue weighted by atomic mass is 10.1. The molecule has 0 atom stereocenters. The number of hydrogen-bond donors (Lipinski definition) is 0. The average molecular weight is 229 g/mol. The van der Waals surface area contributed by atoms with Crippen LogP contribution in [0.15, 0.2) is 12.1 Å². The van der Waals surface area contributed by atoms with Crippen LogP contribution in [-0.4, -0.2) is 10.2 Å². The normalized spacial score (nSPS) is 9.40. The molecule has 0 spiro atoms. The monoisotopic (exact) mass is 228 g/mol. The summed E-state index contributed by atoms with van der Waals surface area (Å²) in [7, 11) is 0. The molecule has 0 fully saturated rings. The molecule has 0 aromatic heterocycles. The zero-order valence-corrected chi connectivity index (χ0v) is 7.79. The van der Waals surface area contributed by atoms with E-state index in [0.29, 0.717) is 12.1 Å². The molecule has 76 valence electrons. The molecule has 0 amide bonds. The molecule has 0 unspecified atom stereocenters. The highest BCUT2D eigenvalue weighted by atomic mass is 35.5. The van der Waals surface area contributed by atoms with Crippen LogP contribution in [0.4, 0.5) is 10.1 Å². The Morgan fingerprint density at radius 3 is 2.60 bits per heavy atom. The smallest absolute Gasteiger partial charge is 0.275 e. The molecule has 0 saturated carbocycles. The Bertz CT molecular complexity index is 495. The molecule has 0 saturated heterocycles. The van der Waals surface area contributed by atoms with Crippen molar-refractivity contribution in [1.82, 2.24) is 0 Å². The largest absolute Gasteiger partial charge is 0.283 e. The Morgan fingerprint density at radius 1 is 1.60 bits per heavy atom. The topological polar surface area (TPSA) is 84.0 Å². The first-order valence-corrected chi connectivity index (χ1v) is 3.93. The number of carbonyl (C=O) groups is 1. The second-order valence-corrected chi connectivity index (χ2v) is 2.84. The summed E-state index contributed by atoms with van der Waals surface area (Å²) in [5.74, 6) is -1.02. The molecule has 1 rings (SSSR count). The second kappa shape index (κ2) is 4.02. The van der Waals surface area contributed by atoms with Gasteiger partial charge >= 0.3 is 0 Å². The van der Waals surface area contributed by atoms with Crippen LogP contribution in [-0.2, 0) is 0 Å². The van der Waals surface area contributed by atoms with E-state index in [1.807, 2.05) is 0 Å². The van der Waals surface area contributed by atoms with Crippen LogP contribution in [0.2, 0.25) is 0 Å². The summed E-state index contributed by atoms with van der Waals surface area (Å²) in [4.78, 5) is 20.3. The van der Waals surface area contributed by atoms with Crippen molar-refractivity contribution in [2.45, 2.75) is 0 Å². The van der Waals surface area contributed by atoms with E-state index < -0.39 is 32.8 Å². The van der Waals surface area contributed by atoms with Gasteiger partial charge in [0, 0.05) is 6.07 Å². The molecule has 0 bridgehead atoms. The molecule has 0 aliphatic carbocycles. The minimum atomic E-state index is -1.15. The first-order valence-electron chi connectivity index (χ1n) is 3.55. The predicted molar refractivity (Wildman–Crippen MR) is 48.0 cm³/mol. The van der Waals surface area contributed by atoms with Crippen LogP contribution in [0.25, 0.3) is 0 Å². The first kappa shape index (κ1) is 11.1. The van der Waals surface area contributed by atoms with Crippen LogP contribution in [0, 0.1) is 27.3 Å². The van der Waals surface area contributed by atoms with Crippen molar-refractivity contribution in [2.75, 3.05) is 0 Å². The van der Waals surface area contributed by atoms with Crippen molar-refractivity contribution in [3.63, 3.8) is 0 Å². The van der Waals surface area contributed by atoms with Gasteiger partial charge in [0.2, 0.25) is 0 Å². The summed E-state index contributed by atoms with van der Waals surface area (Å²) >= 11 is 5.03. The zero-order valence-electron chi connectivity index (χ0n) is 7.03. The lowest BCUT2D eigenvalue weighted by Crippen LogP contribution is -2.01. The molecule has 0 aliphatic rings. The Balaban J connectivity index is 3.54. The van der Waals surface area contributed by atoms with E-state index in [9.17, 15) is 19.3 Å². The fraction of sp³-hybridized carbons (Fsp3) is 0. The minimum absolute atomic E-state index is 0.511. The maximum atomic E-state index is 13.0. The van der Waals surface area contributed by atoms with Gasteiger partial charge in [-0.2, -0.15) is 5.26 Å². The zero-order chi connectivity index (χ0) is 11.6. The van der Waals surface area contributed by atoms with E-state index in [1.165, 1.54) is 6.07 Å². The SMILES string of the molecule is N#Cc1cc([N+](=O)[O-])c(C(=O)Cl)cc1F. The number of nitrogens with zero attached hydrogens (tertiary/aromatic N) is 2. The van der Waals surface area contributed by atoms with E-state index in [2.05, 4.69) is 0 Å². The summed E-state index contributed by atoms with van der Waals surface area (Å²) in [6.07, 6.45) is 0. The lowest BCUT2D eigenvalue weighted by molar-refractivity contribution is -0.385. The number of carbonyl (C=O) groups excluding carboxylic acids is 1. The summed E-state index contributed by atoms with van der Waals surface area (Å²) in [6.45, 7) is 0. The molecule has 0 heterocycles. The van der Waals surface area contributed by atoms with E-state index in [0.717, 1.165) is 0 Å². The van der Waals surface area contributed by atoms with Gasteiger partial charge in [0.25, 0.3) is 10.9 Å². The summed E-state index contributed by atoms with van der Waals surface area (Å²) in [5.41, 5.74) is -1.77. The standard InChI is InChI=1S/C8H2ClFN2O3/c9-8(13)5-2-6(10)4(3-11)1-7(5)12(14)15/h1-2H. The molecule has 0 N–H and O–H groups in total. The summed E-state index contributed by atoms with van der Waals surface area (Å²) in [5, 5.41) is 17.7. The number of halogens is 2. The van der Waals surface area contributed by atoms with Crippen LogP contribution >= 0.6 is 11.6 Å². The number of rotatable bonds is 2. The highest BCUT2D eigenvalue weighted by Crippen LogP contribution is 2.24. The van der Waals surface area contributed by atoms with Crippen molar-refractivity contribution in [1.29, 1.82) is 5.26 Å². The maximum Gasteiger partial charge on any atom is 0.283 e. The van der Waals surface area contributed by atoms with Crippen molar-refractivity contribution in [2.24, 2.45) is 0 Å². The van der Waals surface area contributed by atoms with Gasteiger partial charge in [-0.25, -0.2) is 4.39 Å². The maximum absolute atomic E-state index is 13.0. The third kappa shape index (κ3) is 2.08. The van der Waals surface area contributed by atoms with Gasteiger partial charge in [0.1, 0.15) is 17.4 Å². The second-order valence-electron chi connectivity index (χ2n) is 2.49. The highest BCUT2D eigenvalue weighted by molar-refractivity contribution is 6.68. The molecule has 15 heavy (non-hydrogen) atoms. The Morgan fingerprint density at radius 2 is 2.20 bits per heavy atom. The van der Waals surface area contributed by atoms with E-state index in [-0.39, 0.29) is 0 Å². The molecule has 7 heteroatoms. The van der Waals surface area contributed by atoms with E-state index in [1.54, 1.807) is 0 Å². The quantitative estimate of drug-likeness (QED) is 0.440. The van der Waals surface area contributed by atoms with Gasteiger partial charge in [-0.15, -0.1) is 0 Å². The van der Waals surface area contributed by atoms with Crippen LogP contribution in [0.1, 0.15) is 15.9 Å². The van der Waals surface area contributed by atoms with Gasteiger partial charge in [-0.1, -0.05) is 0 Å². The molecule has 5 nitrogen and oxygen atoms in total. The van der Waals surface area contributed by atoms with Crippen molar-refractivity contribution < 1.29 is 14.1 Å². The fourth-order valence-electron chi connectivity index (χ4n) is 0.956. The van der Waals surface area contributed by atoms with Gasteiger partial charge in [-0.05, 0) is 17.7 Å². The predicted octanol–water partition coefficient (Wildman–Crippen LogP) is 1.98. The molecule has 0 aliphatic heterocycles. The van der Waals surface area contributed by atoms with Crippen LogP contribution in [0.3, 0.4) is 0 Å². The molecular weight excluding hydrogens is 227 g/mol. The fourth-order valence-corrected chi connectivity index (χ4v) is 1.11. The third-order valence-corrected chi connectivity index (χ3v) is 1.82. The van der Waals surface area contributed by atoms with Gasteiger partial charge in [-0.3, -0.25) is 14.9 Å². The Hall–Kier alpha value is -2.00. The van der Waals surface area contributed by atoms with Gasteiger partial charge in [0.15, 0.2) is 0 Å². The van der Waals surface area contributed by atoms with Crippen molar-refractivity contribution >= 4 is 22.5 Å². The number of nitriles is 1. The van der Waals surface area contributed by atoms with Crippen LogP contribution < -0.4 is 0 Å². The number of nitro benzene ring substituents is 1. The van der Waals surface area contributed by atoms with Gasteiger partial charge < -0.3 is 0 Å². The highest BCUT2D eigenvalue weighted by Gasteiger charge is 2.22. The molecular formula is C8H2ClFN2O3. The average Bonchev–Trinajstić information content (AvgIpc) is 2.16. The lowest BCUT2D eigenvalue weighted by Gasteiger charge is -1.99. The molecule has 1 aromatic carbocycles. The van der Waals surface area contributed by atoms with E-state index >= 15 is 0 Å². The third-order valence-electron chi connectivity index (χ3n) is 1.61. The van der Waals surface area contributed by atoms with Crippen molar-refractivity contribution in [3.05, 3.63) is 39.2 Å². The summed E-state index contributed by atoms with van der Waals surface area (Å²) in [6, 6.07) is 2.67. The summed E-state index contributed by atoms with van der Waals surface area (Å²) < 4.78 is 13.0. The number of benzene rings is 1. The Kier molecular flexibility index (Phi) is 2.97. The van der Waals surface area contributed by atoms with Gasteiger partial charge in [0.05, 0.1) is 10.5 Å². The number of hydrogen-bond acceptors (Lipinski definition) is 4. The molecule has 0 radical (unpaired) electrons. The first-order chi connectivity index (χ1) is 6.97.